The van der Waals surface area contributed by atoms with E-state index >= 15 is 0 Å². The molecular weight excluding hydrogens is 180 g/mol. The third-order valence-electron chi connectivity index (χ3n) is 1.02. The topological polar surface area (TPSA) is 24.9 Å². The normalized spacial score (nSPS) is 9.44. The molecule has 0 aliphatic rings. The van der Waals surface area contributed by atoms with Crippen molar-refractivity contribution in [3.8, 4) is 0 Å². The van der Waals surface area contributed by atoms with E-state index in [9.17, 15) is 0 Å². The highest BCUT2D eigenvalue weighted by atomic mass is 79.9. The molecule has 0 aliphatic heterocycles. The lowest BCUT2D eigenvalue weighted by Gasteiger charge is -1.93. The molecular formula is C6H7BrN2. The Hall–Kier alpha value is -0.410. The lowest BCUT2D eigenvalue weighted by molar-refractivity contribution is 0.988. The van der Waals surface area contributed by atoms with Crippen molar-refractivity contribution in [2.45, 2.75) is 6.54 Å². The standard InChI is InChI=1S/C6H7BrN2/c7-9-5-6-1-3-8-4-2-6/h1-4,9H,5H2. The van der Waals surface area contributed by atoms with Crippen LogP contribution in [0.1, 0.15) is 5.56 Å². The zero-order valence-corrected chi connectivity index (χ0v) is 6.43. The molecule has 9 heavy (non-hydrogen) atoms. The van der Waals surface area contributed by atoms with Gasteiger partial charge in [-0.2, -0.15) is 0 Å². The maximum Gasteiger partial charge on any atom is 0.0314 e. The molecule has 0 atom stereocenters. The Morgan fingerprint density at radius 2 is 2.11 bits per heavy atom. The quantitative estimate of drug-likeness (QED) is 0.709. The predicted octanol–water partition coefficient (Wildman–Crippen LogP) is 1.48. The van der Waals surface area contributed by atoms with Gasteiger partial charge in [0, 0.05) is 35.1 Å². The first-order valence-corrected chi connectivity index (χ1v) is 3.45. The summed E-state index contributed by atoms with van der Waals surface area (Å²) in [5, 5.41) is 0. The molecule has 0 fully saturated rings. The summed E-state index contributed by atoms with van der Waals surface area (Å²) in [7, 11) is 0. The van der Waals surface area contributed by atoms with Gasteiger partial charge in [-0.05, 0) is 17.7 Å². The summed E-state index contributed by atoms with van der Waals surface area (Å²) in [5.74, 6) is 0. The molecule has 1 rings (SSSR count). The Kier molecular flexibility index (Phi) is 2.67. The van der Waals surface area contributed by atoms with E-state index in [0.717, 1.165) is 6.54 Å². The van der Waals surface area contributed by atoms with Crippen molar-refractivity contribution in [1.82, 2.24) is 9.33 Å². The first-order valence-electron chi connectivity index (χ1n) is 2.66. The van der Waals surface area contributed by atoms with Crippen LogP contribution in [0.25, 0.3) is 0 Å². The second-order valence-electron chi connectivity index (χ2n) is 1.67. The minimum Gasteiger partial charge on any atom is -0.265 e. The van der Waals surface area contributed by atoms with Gasteiger partial charge in [0.05, 0.1) is 0 Å². The van der Waals surface area contributed by atoms with Crippen molar-refractivity contribution in [3.05, 3.63) is 30.1 Å². The first kappa shape index (κ1) is 6.71. The van der Waals surface area contributed by atoms with Crippen LogP contribution in [-0.2, 0) is 6.54 Å². The third kappa shape index (κ3) is 2.11. The van der Waals surface area contributed by atoms with Crippen LogP contribution in [0.15, 0.2) is 24.5 Å². The number of nitrogens with zero attached hydrogens (tertiary/aromatic N) is 1. The molecule has 0 spiro atoms. The van der Waals surface area contributed by atoms with E-state index in [4.69, 9.17) is 0 Å². The van der Waals surface area contributed by atoms with Crippen LogP contribution >= 0.6 is 16.1 Å². The largest absolute Gasteiger partial charge is 0.265 e. The van der Waals surface area contributed by atoms with Crippen molar-refractivity contribution in [2.24, 2.45) is 0 Å². The van der Waals surface area contributed by atoms with Gasteiger partial charge < -0.3 is 0 Å². The van der Waals surface area contributed by atoms with Gasteiger partial charge in [-0.3, -0.25) is 9.33 Å². The summed E-state index contributed by atoms with van der Waals surface area (Å²) in [4.78, 5) is 3.88. The molecule has 0 unspecified atom stereocenters. The molecule has 1 aromatic rings. The summed E-state index contributed by atoms with van der Waals surface area (Å²) >= 11 is 3.12. The molecule has 0 aliphatic carbocycles. The lowest BCUT2D eigenvalue weighted by Crippen LogP contribution is -1.96. The van der Waals surface area contributed by atoms with Crippen molar-refractivity contribution >= 4 is 16.1 Å². The Morgan fingerprint density at radius 1 is 1.44 bits per heavy atom. The molecule has 0 radical (unpaired) electrons. The van der Waals surface area contributed by atoms with Crippen molar-refractivity contribution < 1.29 is 0 Å². The summed E-state index contributed by atoms with van der Waals surface area (Å²) in [6.07, 6.45) is 3.55. The van der Waals surface area contributed by atoms with E-state index < -0.39 is 0 Å². The Bertz CT molecular complexity index is 164. The number of pyridine rings is 1. The predicted molar refractivity (Wildman–Crippen MR) is 40.0 cm³/mol. The molecule has 2 nitrogen and oxygen atoms in total. The van der Waals surface area contributed by atoms with Gasteiger partial charge in [-0.25, -0.2) is 0 Å². The molecule has 3 heteroatoms. The highest BCUT2D eigenvalue weighted by molar-refractivity contribution is 9.08. The maximum atomic E-state index is 3.88. The molecule has 0 aromatic carbocycles. The fraction of sp³-hybridized carbons (Fsp3) is 0.167. The number of halogens is 1. The number of hydrogen-bond donors (Lipinski definition) is 1. The molecule has 0 saturated heterocycles. The molecule has 0 bridgehead atoms. The van der Waals surface area contributed by atoms with Gasteiger partial charge in [0.2, 0.25) is 0 Å². The smallest absolute Gasteiger partial charge is 0.0314 e. The molecule has 1 heterocycles. The molecule has 1 N–H and O–H groups in total. The molecule has 0 amide bonds. The molecule has 0 saturated carbocycles. The number of nitrogens with one attached hydrogen (secondary N) is 1. The second kappa shape index (κ2) is 3.58. The highest BCUT2D eigenvalue weighted by Gasteiger charge is 1.85. The fourth-order valence-electron chi connectivity index (χ4n) is 0.578. The van der Waals surface area contributed by atoms with Gasteiger partial charge in [0.1, 0.15) is 0 Å². The minimum atomic E-state index is 0.836. The van der Waals surface area contributed by atoms with Crippen molar-refractivity contribution in [3.63, 3.8) is 0 Å². The second-order valence-corrected chi connectivity index (χ2v) is 2.23. The Labute approximate surface area is 62.6 Å². The fourth-order valence-corrected chi connectivity index (χ4v) is 0.902. The summed E-state index contributed by atoms with van der Waals surface area (Å²) in [6.45, 7) is 0.836. The average Bonchev–Trinajstić information content (AvgIpc) is 1.91. The van der Waals surface area contributed by atoms with E-state index in [-0.39, 0.29) is 0 Å². The monoisotopic (exact) mass is 186 g/mol. The Morgan fingerprint density at radius 3 is 2.67 bits per heavy atom. The first-order chi connectivity index (χ1) is 4.43. The van der Waals surface area contributed by atoms with Gasteiger partial charge in [0.25, 0.3) is 0 Å². The SMILES string of the molecule is BrNCc1ccncc1. The van der Waals surface area contributed by atoms with Gasteiger partial charge in [-0.15, -0.1) is 0 Å². The minimum absolute atomic E-state index is 0.836. The highest BCUT2D eigenvalue weighted by Crippen LogP contribution is 1.94. The molecule has 1 aromatic heterocycles. The van der Waals surface area contributed by atoms with Crippen LogP contribution in [0.3, 0.4) is 0 Å². The van der Waals surface area contributed by atoms with Gasteiger partial charge in [0.15, 0.2) is 0 Å². The van der Waals surface area contributed by atoms with Crippen LogP contribution < -0.4 is 4.34 Å². The summed E-state index contributed by atoms with van der Waals surface area (Å²) in [6, 6.07) is 3.93. The lowest BCUT2D eigenvalue weighted by atomic mass is 10.3. The van der Waals surface area contributed by atoms with Crippen LogP contribution in [0.4, 0.5) is 0 Å². The van der Waals surface area contributed by atoms with Crippen LogP contribution in [0.5, 0.6) is 0 Å². The van der Waals surface area contributed by atoms with Gasteiger partial charge in [-0.1, -0.05) is 0 Å². The van der Waals surface area contributed by atoms with E-state index in [1.807, 2.05) is 12.1 Å². The third-order valence-corrected chi connectivity index (χ3v) is 1.30. The van der Waals surface area contributed by atoms with Gasteiger partial charge >= 0.3 is 0 Å². The number of aromatic nitrogens is 1. The van der Waals surface area contributed by atoms with Crippen molar-refractivity contribution in [1.29, 1.82) is 0 Å². The number of hydrogen-bond acceptors (Lipinski definition) is 2. The zero-order valence-electron chi connectivity index (χ0n) is 4.84. The average molecular weight is 187 g/mol. The van der Waals surface area contributed by atoms with Crippen LogP contribution in [0.2, 0.25) is 0 Å². The van der Waals surface area contributed by atoms with Crippen LogP contribution in [-0.4, -0.2) is 4.98 Å². The molecule has 48 valence electrons. The van der Waals surface area contributed by atoms with Crippen molar-refractivity contribution in [2.75, 3.05) is 0 Å². The van der Waals surface area contributed by atoms with Crippen LogP contribution in [0, 0.1) is 0 Å². The summed E-state index contributed by atoms with van der Waals surface area (Å²) in [5.41, 5.74) is 1.22. The van der Waals surface area contributed by atoms with E-state index in [2.05, 4.69) is 25.5 Å². The van der Waals surface area contributed by atoms with E-state index in [1.165, 1.54) is 5.56 Å². The van der Waals surface area contributed by atoms with E-state index in [0.29, 0.717) is 0 Å². The zero-order chi connectivity index (χ0) is 6.53. The van der Waals surface area contributed by atoms with E-state index in [1.54, 1.807) is 12.4 Å². The maximum absolute atomic E-state index is 3.88. The number of rotatable bonds is 2. The Balaban J connectivity index is 2.61. The summed E-state index contributed by atoms with van der Waals surface area (Å²) < 4.78 is 2.87.